The number of nitrogens with zero attached hydrogens (tertiary/aromatic N) is 1. The number of carbonyl (C=O) groups excluding carboxylic acids is 1. The molecular formula is C16H24N2O3. The Morgan fingerprint density at radius 3 is 2.62 bits per heavy atom. The SMILES string of the molecule is CCC(C)NCC(=O)N(C)CCc1ccccc1C(=O)O. The lowest BCUT2D eigenvalue weighted by molar-refractivity contribution is -0.129. The fourth-order valence-electron chi connectivity index (χ4n) is 1.90. The van der Waals surface area contributed by atoms with E-state index in [0.717, 1.165) is 12.0 Å². The Kier molecular flexibility index (Phi) is 6.88. The van der Waals surface area contributed by atoms with Gasteiger partial charge < -0.3 is 15.3 Å². The third-order valence-electron chi connectivity index (χ3n) is 3.60. The van der Waals surface area contributed by atoms with Gasteiger partial charge in [0.05, 0.1) is 12.1 Å². The average molecular weight is 292 g/mol. The van der Waals surface area contributed by atoms with Gasteiger partial charge in [-0.25, -0.2) is 4.79 Å². The average Bonchev–Trinajstić information content (AvgIpc) is 2.49. The number of hydrogen-bond donors (Lipinski definition) is 2. The van der Waals surface area contributed by atoms with Crippen molar-refractivity contribution in [2.75, 3.05) is 20.1 Å². The number of carboxylic acid groups (broad SMARTS) is 1. The molecule has 116 valence electrons. The van der Waals surface area contributed by atoms with Crippen LogP contribution in [0.4, 0.5) is 0 Å². The summed E-state index contributed by atoms with van der Waals surface area (Å²) in [5.41, 5.74) is 1.05. The monoisotopic (exact) mass is 292 g/mol. The first kappa shape index (κ1) is 17.2. The number of carbonyl (C=O) groups is 2. The number of hydrogen-bond acceptors (Lipinski definition) is 3. The van der Waals surface area contributed by atoms with Crippen LogP contribution >= 0.6 is 0 Å². The summed E-state index contributed by atoms with van der Waals surface area (Å²) < 4.78 is 0. The number of likely N-dealkylation sites (N-methyl/N-ethyl adjacent to an activating group) is 1. The quantitative estimate of drug-likeness (QED) is 0.766. The molecule has 0 radical (unpaired) electrons. The number of aromatic carboxylic acids is 1. The predicted octanol–water partition coefficient (Wildman–Crippen LogP) is 1.77. The Balaban J connectivity index is 2.51. The van der Waals surface area contributed by atoms with Crippen LogP contribution in [0.3, 0.4) is 0 Å². The van der Waals surface area contributed by atoms with Crippen molar-refractivity contribution in [3.63, 3.8) is 0 Å². The highest BCUT2D eigenvalue weighted by Gasteiger charge is 2.12. The molecule has 0 aliphatic heterocycles. The van der Waals surface area contributed by atoms with E-state index in [2.05, 4.69) is 12.2 Å². The molecule has 0 saturated heterocycles. The number of carboxylic acids is 1. The molecule has 0 aliphatic carbocycles. The van der Waals surface area contributed by atoms with E-state index in [4.69, 9.17) is 5.11 Å². The maximum Gasteiger partial charge on any atom is 0.335 e. The molecule has 2 N–H and O–H groups in total. The molecule has 0 bridgehead atoms. The predicted molar refractivity (Wildman–Crippen MR) is 82.5 cm³/mol. The maximum atomic E-state index is 12.0. The minimum atomic E-state index is -0.932. The highest BCUT2D eigenvalue weighted by Crippen LogP contribution is 2.10. The lowest BCUT2D eigenvalue weighted by atomic mass is 10.0. The standard InChI is InChI=1S/C16H24N2O3/c1-4-12(2)17-11-15(19)18(3)10-9-13-7-5-6-8-14(13)16(20)21/h5-8,12,17H,4,9-11H2,1-3H3,(H,20,21). The van der Waals surface area contributed by atoms with Crippen LogP contribution in [-0.4, -0.2) is 48.1 Å². The first-order valence-electron chi connectivity index (χ1n) is 7.24. The van der Waals surface area contributed by atoms with Crippen molar-refractivity contribution >= 4 is 11.9 Å². The van der Waals surface area contributed by atoms with E-state index in [1.165, 1.54) is 0 Å². The summed E-state index contributed by atoms with van der Waals surface area (Å²) in [6, 6.07) is 7.21. The first-order chi connectivity index (χ1) is 9.95. The van der Waals surface area contributed by atoms with E-state index in [-0.39, 0.29) is 5.91 Å². The highest BCUT2D eigenvalue weighted by molar-refractivity contribution is 5.89. The maximum absolute atomic E-state index is 12.0. The largest absolute Gasteiger partial charge is 0.478 e. The third kappa shape index (κ3) is 5.55. The molecule has 1 rings (SSSR count). The van der Waals surface area contributed by atoms with Crippen LogP contribution in [0, 0.1) is 0 Å². The van der Waals surface area contributed by atoms with Gasteiger partial charge >= 0.3 is 5.97 Å². The van der Waals surface area contributed by atoms with Gasteiger partial charge in [0.25, 0.3) is 0 Å². The minimum absolute atomic E-state index is 0.0168. The molecular weight excluding hydrogens is 268 g/mol. The zero-order chi connectivity index (χ0) is 15.8. The number of rotatable bonds is 8. The van der Waals surface area contributed by atoms with Gasteiger partial charge in [-0.3, -0.25) is 4.79 Å². The minimum Gasteiger partial charge on any atom is -0.478 e. The van der Waals surface area contributed by atoms with Crippen molar-refractivity contribution in [3.8, 4) is 0 Å². The molecule has 0 aliphatic rings. The molecule has 1 aromatic rings. The first-order valence-corrected chi connectivity index (χ1v) is 7.24. The van der Waals surface area contributed by atoms with Crippen LogP contribution in [0.25, 0.3) is 0 Å². The lowest BCUT2D eigenvalue weighted by Crippen LogP contribution is -2.39. The van der Waals surface area contributed by atoms with Gasteiger partial charge in [-0.2, -0.15) is 0 Å². The molecule has 5 heteroatoms. The van der Waals surface area contributed by atoms with Crippen molar-refractivity contribution in [3.05, 3.63) is 35.4 Å². The summed E-state index contributed by atoms with van der Waals surface area (Å²) in [6.45, 7) is 4.92. The van der Waals surface area contributed by atoms with Gasteiger partial charge in [-0.15, -0.1) is 0 Å². The van der Waals surface area contributed by atoms with Gasteiger partial charge in [0, 0.05) is 19.6 Å². The van der Waals surface area contributed by atoms with Crippen LogP contribution in [0.15, 0.2) is 24.3 Å². The number of amides is 1. The van der Waals surface area contributed by atoms with Gasteiger partial charge in [0.2, 0.25) is 5.91 Å². The van der Waals surface area contributed by atoms with E-state index in [9.17, 15) is 9.59 Å². The summed E-state index contributed by atoms with van der Waals surface area (Å²) in [6.07, 6.45) is 1.51. The van der Waals surface area contributed by atoms with Crippen molar-refractivity contribution in [1.82, 2.24) is 10.2 Å². The summed E-state index contributed by atoms with van der Waals surface area (Å²) in [4.78, 5) is 24.7. The van der Waals surface area contributed by atoms with Gasteiger partial charge in [0.1, 0.15) is 0 Å². The van der Waals surface area contributed by atoms with Crippen LogP contribution in [0.2, 0.25) is 0 Å². The lowest BCUT2D eigenvalue weighted by Gasteiger charge is -2.19. The molecule has 1 aromatic carbocycles. The van der Waals surface area contributed by atoms with E-state index >= 15 is 0 Å². The summed E-state index contributed by atoms with van der Waals surface area (Å²) in [7, 11) is 1.74. The molecule has 1 unspecified atom stereocenters. The van der Waals surface area contributed by atoms with Crippen LogP contribution in [0.5, 0.6) is 0 Å². The van der Waals surface area contributed by atoms with E-state index in [1.54, 1.807) is 30.1 Å². The molecule has 0 aromatic heterocycles. The fraction of sp³-hybridized carbons (Fsp3) is 0.500. The molecule has 0 heterocycles. The molecule has 0 fully saturated rings. The van der Waals surface area contributed by atoms with Crippen molar-refractivity contribution < 1.29 is 14.7 Å². The van der Waals surface area contributed by atoms with E-state index < -0.39 is 5.97 Å². The molecule has 1 atom stereocenters. The molecule has 5 nitrogen and oxygen atoms in total. The van der Waals surface area contributed by atoms with E-state index in [0.29, 0.717) is 31.1 Å². The van der Waals surface area contributed by atoms with E-state index in [1.807, 2.05) is 13.0 Å². The second-order valence-corrected chi connectivity index (χ2v) is 5.22. The zero-order valence-corrected chi connectivity index (χ0v) is 12.9. The number of nitrogens with one attached hydrogen (secondary N) is 1. The normalized spacial score (nSPS) is 12.0. The summed E-state index contributed by atoms with van der Waals surface area (Å²) in [5.74, 6) is -0.916. The fourth-order valence-corrected chi connectivity index (χ4v) is 1.90. The second-order valence-electron chi connectivity index (χ2n) is 5.22. The van der Waals surface area contributed by atoms with Crippen molar-refractivity contribution in [2.24, 2.45) is 0 Å². The van der Waals surface area contributed by atoms with Gasteiger partial charge in [-0.05, 0) is 31.4 Å². The van der Waals surface area contributed by atoms with Crippen LogP contribution < -0.4 is 5.32 Å². The second kappa shape index (κ2) is 8.42. The molecule has 0 spiro atoms. The molecule has 0 saturated carbocycles. The van der Waals surface area contributed by atoms with Crippen LogP contribution in [-0.2, 0) is 11.2 Å². The number of benzene rings is 1. The third-order valence-corrected chi connectivity index (χ3v) is 3.60. The van der Waals surface area contributed by atoms with Crippen LogP contribution in [0.1, 0.15) is 36.2 Å². The zero-order valence-electron chi connectivity index (χ0n) is 12.9. The Hall–Kier alpha value is -1.88. The molecule has 21 heavy (non-hydrogen) atoms. The Morgan fingerprint density at radius 1 is 1.33 bits per heavy atom. The molecule has 1 amide bonds. The van der Waals surface area contributed by atoms with Crippen molar-refractivity contribution in [1.29, 1.82) is 0 Å². The van der Waals surface area contributed by atoms with Crippen molar-refractivity contribution in [2.45, 2.75) is 32.7 Å². The smallest absolute Gasteiger partial charge is 0.335 e. The highest BCUT2D eigenvalue weighted by atomic mass is 16.4. The van der Waals surface area contributed by atoms with Gasteiger partial charge in [-0.1, -0.05) is 25.1 Å². The summed E-state index contributed by atoms with van der Waals surface area (Å²) >= 11 is 0. The summed E-state index contributed by atoms with van der Waals surface area (Å²) in [5, 5.41) is 12.3. The Labute approximate surface area is 126 Å². The Morgan fingerprint density at radius 2 is 2.00 bits per heavy atom. The Bertz CT molecular complexity index is 488. The van der Waals surface area contributed by atoms with Gasteiger partial charge in [0.15, 0.2) is 0 Å². The topological polar surface area (TPSA) is 69.6 Å².